The zero-order chi connectivity index (χ0) is 29.5. The van der Waals surface area contributed by atoms with Crippen LogP contribution in [-0.4, -0.2) is 46.4 Å². The van der Waals surface area contributed by atoms with Crippen molar-refractivity contribution >= 4 is 41.1 Å². The van der Waals surface area contributed by atoms with E-state index in [2.05, 4.69) is 10.6 Å². The van der Waals surface area contributed by atoms with Crippen LogP contribution in [0, 0.1) is 13.8 Å². The van der Waals surface area contributed by atoms with E-state index < -0.39 is 47.5 Å². The Morgan fingerprint density at radius 3 is 2.23 bits per heavy atom. The smallest absolute Gasteiger partial charge is 0.408 e. The first-order valence-electron chi connectivity index (χ1n) is 12.8. The highest BCUT2D eigenvalue weighted by molar-refractivity contribution is 6.34. The first kappa shape index (κ1) is 31.6. The molecule has 2 unspecified atom stereocenters. The Morgan fingerprint density at radius 2 is 1.69 bits per heavy atom. The van der Waals surface area contributed by atoms with Crippen molar-refractivity contribution in [3.8, 4) is 0 Å². The van der Waals surface area contributed by atoms with Gasteiger partial charge < -0.3 is 26.0 Å². The van der Waals surface area contributed by atoms with Crippen molar-refractivity contribution in [2.75, 3.05) is 5.32 Å². The van der Waals surface area contributed by atoms with Gasteiger partial charge in [-0.2, -0.15) is 0 Å². The summed E-state index contributed by atoms with van der Waals surface area (Å²) in [6.07, 6.45) is -1.04. The molecule has 0 aromatic heterocycles. The largest absolute Gasteiger partial charge is 0.444 e. The fourth-order valence-corrected chi connectivity index (χ4v) is 4.38. The van der Waals surface area contributed by atoms with Crippen molar-refractivity contribution in [2.45, 2.75) is 85.0 Å². The first-order valence-corrected chi connectivity index (χ1v) is 13.2. The summed E-state index contributed by atoms with van der Waals surface area (Å²) in [5.41, 5.74) is 7.21. The minimum absolute atomic E-state index is 0.0671. The van der Waals surface area contributed by atoms with E-state index in [4.69, 9.17) is 22.1 Å². The van der Waals surface area contributed by atoms with Crippen molar-refractivity contribution in [1.29, 1.82) is 0 Å². The van der Waals surface area contributed by atoms with Crippen molar-refractivity contribution < 1.29 is 23.9 Å². The summed E-state index contributed by atoms with van der Waals surface area (Å²) < 4.78 is 5.35. The molecule has 2 atom stereocenters. The van der Waals surface area contributed by atoms with E-state index in [1.165, 1.54) is 4.90 Å². The summed E-state index contributed by atoms with van der Waals surface area (Å²) in [6, 6.07) is 9.82. The van der Waals surface area contributed by atoms with Gasteiger partial charge in [0, 0.05) is 12.5 Å². The molecular formula is C29H39ClN4O5. The highest BCUT2D eigenvalue weighted by Gasteiger charge is 2.38. The van der Waals surface area contributed by atoms with E-state index >= 15 is 0 Å². The Labute approximate surface area is 235 Å². The van der Waals surface area contributed by atoms with Crippen LogP contribution >= 0.6 is 11.6 Å². The predicted molar refractivity (Wildman–Crippen MR) is 152 cm³/mol. The monoisotopic (exact) mass is 558 g/mol. The first-order chi connectivity index (χ1) is 18.1. The molecule has 0 fully saturated rings. The number of anilines is 1. The van der Waals surface area contributed by atoms with Crippen molar-refractivity contribution in [2.24, 2.45) is 5.73 Å². The van der Waals surface area contributed by atoms with Crippen LogP contribution in [0.2, 0.25) is 5.02 Å². The summed E-state index contributed by atoms with van der Waals surface area (Å²) in [5, 5.41) is 5.83. The van der Waals surface area contributed by atoms with Crippen LogP contribution in [0.15, 0.2) is 42.5 Å². The molecule has 10 heteroatoms. The lowest BCUT2D eigenvalue weighted by atomic mass is 9.98. The number of hydrogen-bond acceptors (Lipinski definition) is 5. The number of aryl methyl sites for hydroxylation is 2. The Balaban J connectivity index is 2.57. The molecule has 0 bridgehead atoms. The molecule has 0 heterocycles. The van der Waals surface area contributed by atoms with E-state index in [9.17, 15) is 19.2 Å². The number of halogens is 1. The molecule has 0 aliphatic rings. The second-order valence-electron chi connectivity index (χ2n) is 10.8. The quantitative estimate of drug-likeness (QED) is 0.376. The molecular weight excluding hydrogens is 520 g/mol. The minimum Gasteiger partial charge on any atom is -0.444 e. The van der Waals surface area contributed by atoms with E-state index in [1.807, 2.05) is 32.0 Å². The average molecular weight is 559 g/mol. The number of carbonyl (C=O) groups is 4. The third-order valence-electron chi connectivity index (χ3n) is 5.83. The van der Waals surface area contributed by atoms with Crippen LogP contribution in [0.3, 0.4) is 0 Å². The molecule has 0 spiro atoms. The van der Waals surface area contributed by atoms with Crippen LogP contribution in [0.25, 0.3) is 0 Å². The van der Waals surface area contributed by atoms with Gasteiger partial charge in [0.05, 0.1) is 10.7 Å². The van der Waals surface area contributed by atoms with Gasteiger partial charge in [-0.3, -0.25) is 14.4 Å². The molecule has 212 valence electrons. The van der Waals surface area contributed by atoms with Crippen LogP contribution in [-0.2, 0) is 19.1 Å². The molecule has 9 nitrogen and oxygen atoms in total. The molecule has 0 saturated carbocycles. The van der Waals surface area contributed by atoms with E-state index in [1.54, 1.807) is 58.9 Å². The number of primary amides is 1. The van der Waals surface area contributed by atoms with Crippen LogP contribution in [0.4, 0.5) is 10.5 Å². The van der Waals surface area contributed by atoms with Crippen molar-refractivity contribution in [3.05, 3.63) is 64.2 Å². The Bertz CT molecular complexity index is 1190. The summed E-state index contributed by atoms with van der Waals surface area (Å²) in [4.78, 5) is 53.6. The van der Waals surface area contributed by atoms with Crippen LogP contribution in [0.5, 0.6) is 0 Å². The maximum absolute atomic E-state index is 14.1. The lowest BCUT2D eigenvalue weighted by molar-refractivity contribution is -0.143. The van der Waals surface area contributed by atoms with Crippen LogP contribution < -0.4 is 16.4 Å². The molecule has 4 amide bonds. The standard InChI is InChI=1S/C29H39ClN4O5/c1-17(2)34(27(37)22(14-15-23(31)35)32-28(38)39-29(5,6)7)25(20-12-8-10-18(3)16-20)26(36)33-24-19(4)11-9-13-21(24)30/h8-13,16-17,22,25H,14-15H2,1-7H3,(H2,31,35)(H,32,38)(H,33,36). The molecule has 2 rings (SSSR count). The van der Waals surface area contributed by atoms with Crippen molar-refractivity contribution in [3.63, 3.8) is 0 Å². The van der Waals surface area contributed by atoms with Crippen LogP contribution in [0.1, 0.15) is 70.2 Å². The molecule has 2 aromatic carbocycles. The Morgan fingerprint density at radius 1 is 1.05 bits per heavy atom. The fraction of sp³-hybridized carbons (Fsp3) is 0.448. The third kappa shape index (κ3) is 9.28. The molecule has 2 aromatic rings. The van der Waals surface area contributed by atoms with Gasteiger partial charge in [0.15, 0.2) is 0 Å². The number of ether oxygens (including phenoxy) is 1. The van der Waals surface area contributed by atoms with Gasteiger partial charge in [-0.15, -0.1) is 0 Å². The molecule has 0 aliphatic heterocycles. The lowest BCUT2D eigenvalue weighted by Gasteiger charge is -2.37. The maximum Gasteiger partial charge on any atom is 0.408 e. The highest BCUT2D eigenvalue weighted by Crippen LogP contribution is 2.31. The fourth-order valence-electron chi connectivity index (χ4n) is 4.11. The van der Waals surface area contributed by atoms with Gasteiger partial charge in [-0.25, -0.2) is 4.79 Å². The van der Waals surface area contributed by atoms with Gasteiger partial charge in [0.25, 0.3) is 5.91 Å². The van der Waals surface area contributed by atoms with Gasteiger partial charge >= 0.3 is 6.09 Å². The second kappa shape index (κ2) is 13.5. The number of benzene rings is 2. The maximum atomic E-state index is 14.1. The SMILES string of the molecule is Cc1cccc(C(C(=O)Nc2c(C)cccc2Cl)N(C(=O)C(CCC(N)=O)NC(=O)OC(C)(C)C)C(C)C)c1. The number of alkyl carbamates (subject to hydrolysis) is 1. The van der Waals surface area contributed by atoms with Gasteiger partial charge in [0.1, 0.15) is 17.7 Å². The minimum atomic E-state index is -1.17. The normalized spacial score (nSPS) is 12.8. The average Bonchev–Trinajstić information content (AvgIpc) is 2.80. The number of rotatable bonds is 10. The molecule has 4 N–H and O–H groups in total. The number of nitrogens with one attached hydrogen (secondary N) is 2. The second-order valence-corrected chi connectivity index (χ2v) is 11.2. The Kier molecular flexibility index (Phi) is 10.9. The number of nitrogens with zero attached hydrogens (tertiary/aromatic N) is 1. The van der Waals surface area contributed by atoms with E-state index in [0.717, 1.165) is 11.1 Å². The topological polar surface area (TPSA) is 131 Å². The molecule has 0 saturated heterocycles. The lowest BCUT2D eigenvalue weighted by Crippen LogP contribution is -2.54. The Hall–Kier alpha value is -3.59. The number of amides is 4. The molecule has 0 radical (unpaired) electrons. The summed E-state index contributed by atoms with van der Waals surface area (Å²) in [7, 11) is 0. The van der Waals surface area contributed by atoms with E-state index in [-0.39, 0.29) is 12.8 Å². The van der Waals surface area contributed by atoms with Crippen molar-refractivity contribution in [1.82, 2.24) is 10.2 Å². The summed E-state index contributed by atoms with van der Waals surface area (Å²) >= 11 is 6.39. The number of hydrogen-bond donors (Lipinski definition) is 3. The highest BCUT2D eigenvalue weighted by atomic mass is 35.5. The summed E-state index contributed by atoms with van der Waals surface area (Å²) in [5.74, 6) is -1.67. The van der Waals surface area contributed by atoms with Gasteiger partial charge in [-0.1, -0.05) is 53.6 Å². The predicted octanol–water partition coefficient (Wildman–Crippen LogP) is 5.03. The number of nitrogens with two attached hydrogens (primary N) is 1. The van der Waals surface area contributed by atoms with Gasteiger partial charge in [0.2, 0.25) is 11.8 Å². The number of carbonyl (C=O) groups excluding carboxylic acids is 4. The zero-order valence-corrected chi connectivity index (χ0v) is 24.4. The third-order valence-corrected chi connectivity index (χ3v) is 6.15. The number of para-hydroxylation sites is 1. The van der Waals surface area contributed by atoms with E-state index in [0.29, 0.717) is 16.3 Å². The molecule has 39 heavy (non-hydrogen) atoms. The summed E-state index contributed by atoms with van der Waals surface area (Å²) in [6.45, 7) is 12.3. The molecule has 0 aliphatic carbocycles. The zero-order valence-electron chi connectivity index (χ0n) is 23.6. The van der Waals surface area contributed by atoms with Gasteiger partial charge in [-0.05, 0) is 72.1 Å².